The average Bonchev–Trinajstić information content (AvgIpc) is 2.46. The normalized spacial score (nSPS) is 10.3. The zero-order valence-electron chi connectivity index (χ0n) is 11.0. The van der Waals surface area contributed by atoms with Crippen LogP contribution in [0.25, 0.3) is 16.7 Å². The van der Waals surface area contributed by atoms with Gasteiger partial charge < -0.3 is 0 Å². The van der Waals surface area contributed by atoms with Gasteiger partial charge in [0.1, 0.15) is 6.33 Å². The zero-order chi connectivity index (χ0) is 13.0. The lowest BCUT2D eigenvalue weighted by Crippen LogP contribution is -1.92. The molecule has 0 N–H and O–H groups in total. The maximum absolute atomic E-state index is 4.10. The largest absolute Gasteiger partial charge is 0.244 e. The molecule has 0 atom stereocenters. The van der Waals surface area contributed by atoms with Crippen molar-refractivity contribution in [3.8, 4) is 11.1 Å². The summed E-state index contributed by atoms with van der Waals surface area (Å²) in [5, 5.41) is 0. The monoisotopic (exact) mass is 238 g/mol. The molecule has 0 bridgehead atoms. The van der Waals surface area contributed by atoms with Crippen molar-refractivity contribution < 1.29 is 0 Å². The highest BCUT2D eigenvalue weighted by molar-refractivity contribution is 5.73. The Morgan fingerprint density at radius 3 is 2.50 bits per heavy atom. The first kappa shape index (κ1) is 12.5. The molecule has 0 saturated heterocycles. The van der Waals surface area contributed by atoms with E-state index in [1.54, 1.807) is 6.33 Å². The number of nitrogens with zero attached hydrogens (tertiary/aromatic N) is 2. The molecular formula is C16H18N2. The van der Waals surface area contributed by atoms with Gasteiger partial charge in [-0.15, -0.1) is 0 Å². The van der Waals surface area contributed by atoms with Crippen LogP contribution in [0.1, 0.15) is 31.4 Å². The van der Waals surface area contributed by atoms with E-state index in [0.717, 1.165) is 24.0 Å². The lowest BCUT2D eigenvalue weighted by molar-refractivity contribution is 1.12. The first-order valence-electron chi connectivity index (χ1n) is 6.32. The van der Waals surface area contributed by atoms with Crippen LogP contribution in [0.4, 0.5) is 0 Å². The van der Waals surface area contributed by atoms with Gasteiger partial charge in [-0.1, -0.05) is 32.6 Å². The second-order valence-electron chi connectivity index (χ2n) is 4.31. The summed E-state index contributed by atoms with van der Waals surface area (Å²) in [4.78, 5) is 8.20. The van der Waals surface area contributed by atoms with Gasteiger partial charge in [0.15, 0.2) is 0 Å². The Labute approximate surface area is 108 Å². The molecule has 0 aliphatic heterocycles. The molecule has 0 spiro atoms. The lowest BCUT2D eigenvalue weighted by atomic mass is 9.94. The van der Waals surface area contributed by atoms with Crippen molar-refractivity contribution in [1.29, 1.82) is 0 Å². The number of hydrogen-bond acceptors (Lipinski definition) is 2. The highest BCUT2D eigenvalue weighted by atomic mass is 14.8. The third-order valence-corrected chi connectivity index (χ3v) is 3.20. The Balaban J connectivity index is 2.53. The van der Waals surface area contributed by atoms with Crippen molar-refractivity contribution in [3.63, 3.8) is 0 Å². The molecule has 92 valence electrons. The number of aromatic nitrogens is 2. The maximum atomic E-state index is 4.10. The summed E-state index contributed by atoms with van der Waals surface area (Å²) in [7, 11) is 0. The predicted molar refractivity (Wildman–Crippen MR) is 76.2 cm³/mol. The summed E-state index contributed by atoms with van der Waals surface area (Å²) in [6.45, 7) is 8.39. The summed E-state index contributed by atoms with van der Waals surface area (Å²) in [6.07, 6.45) is 7.25. The van der Waals surface area contributed by atoms with Crippen molar-refractivity contribution in [1.82, 2.24) is 9.97 Å². The van der Waals surface area contributed by atoms with Crippen molar-refractivity contribution in [3.05, 3.63) is 54.6 Å². The molecule has 2 rings (SSSR count). The van der Waals surface area contributed by atoms with Gasteiger partial charge in [-0.2, -0.15) is 0 Å². The van der Waals surface area contributed by atoms with Crippen molar-refractivity contribution in [2.75, 3.05) is 0 Å². The molecule has 2 aromatic rings. The summed E-state index contributed by atoms with van der Waals surface area (Å²) in [6, 6.07) is 6.53. The van der Waals surface area contributed by atoms with E-state index in [2.05, 4.69) is 48.6 Å². The molecule has 1 heterocycles. The first-order valence-corrected chi connectivity index (χ1v) is 6.32. The third kappa shape index (κ3) is 2.48. The highest BCUT2D eigenvalue weighted by Gasteiger charge is 2.07. The van der Waals surface area contributed by atoms with E-state index >= 15 is 0 Å². The Morgan fingerprint density at radius 1 is 1.17 bits per heavy atom. The molecule has 1 aromatic heterocycles. The minimum atomic E-state index is 0.968. The minimum absolute atomic E-state index is 0.968. The summed E-state index contributed by atoms with van der Waals surface area (Å²) < 4.78 is 0. The molecule has 0 unspecified atom stereocenters. The molecular weight excluding hydrogens is 220 g/mol. The SMILES string of the molecule is C=C(CC)c1ccc(CC)c(-c2cncnc2)c1. The standard InChI is InChI=1S/C16H18N2/c1-4-12(3)14-7-6-13(5-2)16(8-14)15-9-17-11-18-10-15/h6-11H,3-5H2,1-2H3. The second kappa shape index (κ2) is 5.58. The van der Waals surface area contributed by atoms with E-state index in [4.69, 9.17) is 0 Å². The van der Waals surface area contributed by atoms with E-state index in [9.17, 15) is 0 Å². The van der Waals surface area contributed by atoms with Crippen LogP contribution in [0.5, 0.6) is 0 Å². The number of allylic oxidation sites excluding steroid dienone is 1. The zero-order valence-corrected chi connectivity index (χ0v) is 11.0. The fraction of sp³-hybridized carbons (Fsp3) is 0.250. The van der Waals surface area contributed by atoms with Crippen LogP contribution >= 0.6 is 0 Å². The second-order valence-corrected chi connectivity index (χ2v) is 4.31. The summed E-state index contributed by atoms with van der Waals surface area (Å²) in [5.74, 6) is 0. The van der Waals surface area contributed by atoms with Crippen molar-refractivity contribution >= 4 is 5.57 Å². The van der Waals surface area contributed by atoms with Crippen LogP contribution in [-0.2, 0) is 6.42 Å². The fourth-order valence-electron chi connectivity index (χ4n) is 2.02. The number of hydrogen-bond donors (Lipinski definition) is 0. The van der Waals surface area contributed by atoms with Gasteiger partial charge in [0.2, 0.25) is 0 Å². The topological polar surface area (TPSA) is 25.8 Å². The molecule has 0 saturated carbocycles. The molecule has 1 aromatic carbocycles. The van der Waals surface area contributed by atoms with Crippen molar-refractivity contribution in [2.24, 2.45) is 0 Å². The smallest absolute Gasteiger partial charge is 0.115 e. The fourth-order valence-corrected chi connectivity index (χ4v) is 2.02. The highest BCUT2D eigenvalue weighted by Crippen LogP contribution is 2.27. The van der Waals surface area contributed by atoms with E-state index in [1.165, 1.54) is 16.7 Å². The molecule has 0 fully saturated rings. The molecule has 0 radical (unpaired) electrons. The van der Waals surface area contributed by atoms with E-state index in [0.29, 0.717) is 0 Å². The minimum Gasteiger partial charge on any atom is -0.244 e. The molecule has 0 aliphatic carbocycles. The maximum Gasteiger partial charge on any atom is 0.115 e. The number of benzene rings is 1. The van der Waals surface area contributed by atoms with Gasteiger partial charge in [-0.3, -0.25) is 0 Å². The van der Waals surface area contributed by atoms with Crippen LogP contribution < -0.4 is 0 Å². The Morgan fingerprint density at radius 2 is 1.89 bits per heavy atom. The van der Waals surface area contributed by atoms with Crippen LogP contribution in [-0.4, -0.2) is 9.97 Å². The van der Waals surface area contributed by atoms with Crippen LogP contribution in [0, 0.1) is 0 Å². The van der Waals surface area contributed by atoms with Gasteiger partial charge in [-0.05, 0) is 41.2 Å². The third-order valence-electron chi connectivity index (χ3n) is 3.20. The quantitative estimate of drug-likeness (QED) is 0.800. The molecule has 2 heteroatoms. The summed E-state index contributed by atoms with van der Waals surface area (Å²) >= 11 is 0. The Kier molecular flexibility index (Phi) is 3.88. The Hall–Kier alpha value is -1.96. The van der Waals surface area contributed by atoms with E-state index in [-0.39, 0.29) is 0 Å². The molecule has 2 nitrogen and oxygen atoms in total. The van der Waals surface area contributed by atoms with E-state index in [1.807, 2.05) is 12.4 Å². The van der Waals surface area contributed by atoms with Gasteiger partial charge in [0, 0.05) is 18.0 Å². The molecule has 18 heavy (non-hydrogen) atoms. The number of aryl methyl sites for hydroxylation is 1. The van der Waals surface area contributed by atoms with Gasteiger partial charge in [0.05, 0.1) is 0 Å². The van der Waals surface area contributed by atoms with Crippen LogP contribution in [0.2, 0.25) is 0 Å². The van der Waals surface area contributed by atoms with Crippen LogP contribution in [0.3, 0.4) is 0 Å². The van der Waals surface area contributed by atoms with Gasteiger partial charge >= 0.3 is 0 Å². The van der Waals surface area contributed by atoms with Crippen LogP contribution in [0.15, 0.2) is 43.5 Å². The van der Waals surface area contributed by atoms with Crippen molar-refractivity contribution in [2.45, 2.75) is 26.7 Å². The van der Waals surface area contributed by atoms with Gasteiger partial charge in [-0.25, -0.2) is 9.97 Å². The molecule has 0 amide bonds. The van der Waals surface area contributed by atoms with E-state index < -0.39 is 0 Å². The lowest BCUT2D eigenvalue weighted by Gasteiger charge is -2.11. The number of rotatable bonds is 4. The molecule has 0 aliphatic rings. The average molecular weight is 238 g/mol. The first-order chi connectivity index (χ1) is 8.76. The summed E-state index contributed by atoms with van der Waals surface area (Å²) in [5.41, 5.74) is 5.96. The predicted octanol–water partition coefficient (Wildman–Crippen LogP) is 4.13. The van der Waals surface area contributed by atoms with Gasteiger partial charge in [0.25, 0.3) is 0 Å². The Bertz CT molecular complexity index is 544.